The first kappa shape index (κ1) is 26.5. The van der Waals surface area contributed by atoms with Gasteiger partial charge in [-0.2, -0.15) is 5.10 Å². The number of anilines is 3. The number of carbonyl (C=O) groups is 1. The zero-order valence-electron chi connectivity index (χ0n) is 23.0. The van der Waals surface area contributed by atoms with E-state index in [1.54, 1.807) is 0 Å². The Labute approximate surface area is 249 Å². The minimum absolute atomic E-state index is 0.182. The van der Waals surface area contributed by atoms with Crippen molar-refractivity contribution in [3.05, 3.63) is 52.6 Å². The molecule has 2 aliphatic heterocycles. The van der Waals surface area contributed by atoms with E-state index in [0.717, 1.165) is 60.1 Å². The average molecular weight is 594 g/mol. The maximum atomic E-state index is 13.1. The van der Waals surface area contributed by atoms with Crippen LogP contribution in [0.5, 0.6) is 0 Å². The van der Waals surface area contributed by atoms with Gasteiger partial charge in [-0.3, -0.25) is 0 Å². The van der Waals surface area contributed by atoms with Gasteiger partial charge in [-0.05, 0) is 62.1 Å². The van der Waals surface area contributed by atoms with Gasteiger partial charge in [-0.15, -0.1) is 0 Å². The summed E-state index contributed by atoms with van der Waals surface area (Å²) in [5.41, 5.74) is 5.58. The number of nitrogens with zero attached hydrogens (tertiary/aromatic N) is 6. The number of carbonyl (C=O) groups excluding carboxylic acids is 1. The SMILES string of the molecule is O=C(Nc1c(Cl)cc(N2CCCC2)cc1Cl)N1CCN(c2ccc(-c3nc4c(cnn4C4CCCC4)[nH]3)cc2)CC1. The molecule has 9 nitrogen and oxygen atoms in total. The third-order valence-corrected chi connectivity index (χ3v) is 9.31. The van der Waals surface area contributed by atoms with Crippen molar-refractivity contribution in [2.45, 2.75) is 44.6 Å². The fraction of sp³-hybridized carbons (Fsp3) is 0.433. The number of imidazole rings is 1. The molecule has 2 aromatic carbocycles. The molecule has 0 atom stereocenters. The van der Waals surface area contributed by atoms with Crippen molar-refractivity contribution in [3.8, 4) is 11.4 Å². The zero-order valence-corrected chi connectivity index (χ0v) is 24.5. The molecule has 3 fully saturated rings. The Morgan fingerprint density at radius 1 is 0.854 bits per heavy atom. The third-order valence-electron chi connectivity index (χ3n) is 8.71. The van der Waals surface area contributed by atoms with Gasteiger partial charge in [0.1, 0.15) is 11.3 Å². The number of H-pyrrole nitrogens is 1. The normalized spacial score (nSPS) is 18.1. The van der Waals surface area contributed by atoms with Gasteiger partial charge in [0, 0.05) is 56.2 Å². The summed E-state index contributed by atoms with van der Waals surface area (Å²) >= 11 is 13.1. The summed E-state index contributed by atoms with van der Waals surface area (Å²) in [5, 5.41) is 8.46. The van der Waals surface area contributed by atoms with E-state index in [4.69, 9.17) is 28.2 Å². The zero-order chi connectivity index (χ0) is 27.9. The minimum Gasteiger partial charge on any atom is -0.371 e. The number of piperazine rings is 1. The summed E-state index contributed by atoms with van der Waals surface area (Å²) in [6.45, 7) is 4.70. The molecule has 2 saturated heterocycles. The van der Waals surface area contributed by atoms with Crippen molar-refractivity contribution < 1.29 is 4.79 Å². The number of fused-ring (bicyclic) bond motifs is 1. The predicted octanol–water partition coefficient (Wildman–Crippen LogP) is 6.80. The monoisotopic (exact) mass is 592 g/mol. The molecule has 0 spiro atoms. The van der Waals surface area contributed by atoms with Gasteiger partial charge in [0.05, 0.1) is 28.0 Å². The number of hydrogen-bond acceptors (Lipinski definition) is 5. The number of nitrogens with one attached hydrogen (secondary N) is 2. The Hall–Kier alpha value is -3.43. The van der Waals surface area contributed by atoms with Crippen LogP contribution in [0.25, 0.3) is 22.6 Å². The molecule has 7 rings (SSSR count). The molecule has 0 unspecified atom stereocenters. The van der Waals surface area contributed by atoms with Gasteiger partial charge in [0.25, 0.3) is 0 Å². The lowest BCUT2D eigenvalue weighted by Crippen LogP contribution is -2.50. The predicted molar refractivity (Wildman–Crippen MR) is 166 cm³/mol. The Balaban J connectivity index is 0.969. The van der Waals surface area contributed by atoms with E-state index in [9.17, 15) is 4.79 Å². The Bertz CT molecular complexity index is 1520. The Morgan fingerprint density at radius 3 is 2.20 bits per heavy atom. The molecule has 0 bridgehead atoms. The van der Waals surface area contributed by atoms with Crippen molar-refractivity contribution in [3.63, 3.8) is 0 Å². The lowest BCUT2D eigenvalue weighted by molar-refractivity contribution is 0.208. The molecule has 0 radical (unpaired) electrons. The maximum Gasteiger partial charge on any atom is 0.322 e. The highest BCUT2D eigenvalue weighted by Gasteiger charge is 2.25. The summed E-state index contributed by atoms with van der Waals surface area (Å²) in [4.78, 5) is 27.8. The van der Waals surface area contributed by atoms with Crippen LogP contribution >= 0.6 is 23.2 Å². The molecule has 214 valence electrons. The fourth-order valence-corrected chi connectivity index (χ4v) is 6.96. The first-order chi connectivity index (χ1) is 20.0. The second-order valence-corrected chi connectivity index (χ2v) is 12.1. The van der Waals surface area contributed by atoms with Crippen molar-refractivity contribution in [2.75, 3.05) is 54.4 Å². The largest absolute Gasteiger partial charge is 0.371 e. The molecule has 4 aromatic rings. The summed E-state index contributed by atoms with van der Waals surface area (Å²) in [5.74, 6) is 0.864. The van der Waals surface area contributed by atoms with Crippen molar-refractivity contribution in [1.82, 2.24) is 24.6 Å². The second kappa shape index (κ2) is 11.1. The molecule has 1 aliphatic carbocycles. The van der Waals surface area contributed by atoms with Crippen LogP contribution in [0, 0.1) is 0 Å². The number of benzene rings is 2. The number of rotatable bonds is 5. The van der Waals surface area contributed by atoms with Crippen LogP contribution in [0.4, 0.5) is 21.9 Å². The van der Waals surface area contributed by atoms with E-state index in [1.165, 1.54) is 38.5 Å². The fourth-order valence-electron chi connectivity index (χ4n) is 6.39. The smallest absolute Gasteiger partial charge is 0.322 e. The number of hydrogen-bond donors (Lipinski definition) is 2. The van der Waals surface area contributed by atoms with Crippen LogP contribution in [0.15, 0.2) is 42.6 Å². The molecule has 2 N–H and O–H groups in total. The molecule has 11 heteroatoms. The van der Waals surface area contributed by atoms with Crippen LogP contribution < -0.4 is 15.1 Å². The number of amides is 2. The second-order valence-electron chi connectivity index (χ2n) is 11.3. The summed E-state index contributed by atoms with van der Waals surface area (Å²) < 4.78 is 2.10. The highest BCUT2D eigenvalue weighted by molar-refractivity contribution is 6.40. The van der Waals surface area contributed by atoms with E-state index in [1.807, 2.05) is 23.2 Å². The van der Waals surface area contributed by atoms with E-state index >= 15 is 0 Å². The summed E-state index contributed by atoms with van der Waals surface area (Å²) in [6, 6.07) is 12.5. The Kier molecular flexibility index (Phi) is 7.16. The van der Waals surface area contributed by atoms with Crippen LogP contribution in [0.2, 0.25) is 10.0 Å². The van der Waals surface area contributed by atoms with E-state index < -0.39 is 0 Å². The standard InChI is InChI=1S/C30H34Cl2N8O/c31-24-17-23(37-11-3-4-12-37)18-25(32)27(24)35-30(41)39-15-13-38(14-16-39)21-9-7-20(8-10-21)28-34-26-19-33-40(29(26)36-28)22-5-1-2-6-22/h7-10,17-19,22H,1-6,11-16H2,(H,34,36)(H,35,41). The number of halogens is 2. The summed E-state index contributed by atoms with van der Waals surface area (Å²) in [6.07, 6.45) is 9.11. The first-order valence-electron chi connectivity index (χ1n) is 14.6. The third kappa shape index (κ3) is 5.21. The molecule has 41 heavy (non-hydrogen) atoms. The number of aromatic amines is 1. The minimum atomic E-state index is -0.182. The Morgan fingerprint density at radius 2 is 1.51 bits per heavy atom. The molecule has 2 aromatic heterocycles. The number of aromatic nitrogens is 4. The molecule has 3 aliphatic rings. The average Bonchev–Trinajstić information content (AvgIpc) is 3.80. The molecule has 4 heterocycles. The first-order valence-corrected chi connectivity index (χ1v) is 15.4. The van der Waals surface area contributed by atoms with Crippen molar-refractivity contribution in [2.24, 2.45) is 0 Å². The molecular weight excluding hydrogens is 559 g/mol. The molecule has 2 amide bonds. The summed E-state index contributed by atoms with van der Waals surface area (Å²) in [7, 11) is 0. The number of urea groups is 1. The van der Waals surface area contributed by atoms with Gasteiger partial charge < -0.3 is 25.0 Å². The lowest BCUT2D eigenvalue weighted by Gasteiger charge is -2.36. The van der Waals surface area contributed by atoms with Crippen LogP contribution in [-0.4, -0.2) is 69.9 Å². The van der Waals surface area contributed by atoms with E-state index in [-0.39, 0.29) is 6.03 Å². The van der Waals surface area contributed by atoms with Gasteiger partial charge in [-0.25, -0.2) is 14.5 Å². The maximum absolute atomic E-state index is 13.1. The van der Waals surface area contributed by atoms with Gasteiger partial charge >= 0.3 is 6.03 Å². The van der Waals surface area contributed by atoms with Gasteiger partial charge in [-0.1, -0.05) is 36.0 Å². The highest BCUT2D eigenvalue weighted by atomic mass is 35.5. The lowest BCUT2D eigenvalue weighted by atomic mass is 10.1. The van der Waals surface area contributed by atoms with E-state index in [0.29, 0.717) is 34.9 Å². The van der Waals surface area contributed by atoms with Crippen LogP contribution in [-0.2, 0) is 0 Å². The van der Waals surface area contributed by atoms with Crippen LogP contribution in [0.1, 0.15) is 44.6 Å². The van der Waals surface area contributed by atoms with Gasteiger partial charge in [0.15, 0.2) is 5.65 Å². The van der Waals surface area contributed by atoms with Crippen molar-refractivity contribution in [1.29, 1.82) is 0 Å². The molecule has 1 saturated carbocycles. The van der Waals surface area contributed by atoms with E-state index in [2.05, 4.69) is 54.1 Å². The van der Waals surface area contributed by atoms with Gasteiger partial charge in [0.2, 0.25) is 0 Å². The quantitative estimate of drug-likeness (QED) is 0.266. The van der Waals surface area contributed by atoms with Crippen LogP contribution in [0.3, 0.4) is 0 Å². The molecular formula is C30H34Cl2N8O. The van der Waals surface area contributed by atoms with Crippen molar-refractivity contribution >= 4 is 57.5 Å². The highest BCUT2D eigenvalue weighted by Crippen LogP contribution is 2.37. The topological polar surface area (TPSA) is 85.3 Å².